The summed E-state index contributed by atoms with van der Waals surface area (Å²) in [5.74, 6) is 0.249. The van der Waals surface area contributed by atoms with Crippen molar-refractivity contribution in [1.82, 2.24) is 20.1 Å². The van der Waals surface area contributed by atoms with Crippen LogP contribution in [0.5, 0.6) is 11.5 Å². The molecule has 0 radical (unpaired) electrons. The van der Waals surface area contributed by atoms with Crippen molar-refractivity contribution < 1.29 is 23.0 Å². The van der Waals surface area contributed by atoms with Crippen LogP contribution in [0, 0.1) is 0 Å². The van der Waals surface area contributed by atoms with Gasteiger partial charge < -0.3 is 14.8 Å². The zero-order valence-electron chi connectivity index (χ0n) is 15.5. The van der Waals surface area contributed by atoms with Gasteiger partial charge in [-0.3, -0.25) is 4.79 Å². The van der Waals surface area contributed by atoms with Crippen LogP contribution in [-0.4, -0.2) is 34.4 Å². The molecule has 1 aromatic carbocycles. The molecule has 0 aliphatic heterocycles. The van der Waals surface area contributed by atoms with E-state index in [0.717, 1.165) is 5.56 Å². The van der Waals surface area contributed by atoms with Crippen molar-refractivity contribution in [1.29, 1.82) is 0 Å². The predicted molar refractivity (Wildman–Crippen MR) is 102 cm³/mol. The van der Waals surface area contributed by atoms with E-state index < -0.39 is 12.5 Å². The molecular formula is C20H18F2N4O3. The Morgan fingerprint density at radius 1 is 1.28 bits per heavy atom. The maximum Gasteiger partial charge on any atom is 0.387 e. The van der Waals surface area contributed by atoms with Gasteiger partial charge in [-0.15, -0.1) is 0 Å². The zero-order chi connectivity index (χ0) is 20.6. The standard InChI is InChI=1S/C20H18F2N4O3/c1-28-16-5-2-4-15(19(16)29-20(21)22)6-7-18(27)24-13-14-8-10-23-17(12-14)26-11-3-9-25-26/h2-12,20H,13H2,1H3,(H,24,27)/b7-6+. The summed E-state index contributed by atoms with van der Waals surface area (Å²) in [6.07, 6.45) is 7.66. The Labute approximate surface area is 165 Å². The number of ether oxygens (including phenoxy) is 2. The van der Waals surface area contributed by atoms with Crippen LogP contribution in [0.3, 0.4) is 0 Å². The number of benzene rings is 1. The van der Waals surface area contributed by atoms with Gasteiger partial charge in [-0.25, -0.2) is 9.67 Å². The Morgan fingerprint density at radius 3 is 2.86 bits per heavy atom. The molecule has 2 heterocycles. The smallest absolute Gasteiger partial charge is 0.387 e. The number of para-hydroxylation sites is 1. The van der Waals surface area contributed by atoms with Gasteiger partial charge in [0.15, 0.2) is 17.3 Å². The summed E-state index contributed by atoms with van der Waals surface area (Å²) >= 11 is 0. The minimum atomic E-state index is -3.01. The highest BCUT2D eigenvalue weighted by atomic mass is 19.3. The number of amides is 1. The molecule has 150 valence electrons. The predicted octanol–water partition coefficient (Wildman–Crippen LogP) is 3.21. The van der Waals surface area contributed by atoms with Crippen LogP contribution in [-0.2, 0) is 11.3 Å². The first kappa shape index (κ1) is 20.0. The maximum absolute atomic E-state index is 12.7. The molecule has 7 nitrogen and oxygen atoms in total. The first-order valence-electron chi connectivity index (χ1n) is 8.59. The van der Waals surface area contributed by atoms with Crippen LogP contribution in [0.1, 0.15) is 11.1 Å². The number of nitrogens with one attached hydrogen (secondary N) is 1. The SMILES string of the molecule is COc1cccc(/C=C/C(=O)NCc2ccnc(-n3cccn3)c2)c1OC(F)F. The van der Waals surface area contributed by atoms with Gasteiger partial charge in [0.2, 0.25) is 5.91 Å². The number of aromatic nitrogens is 3. The number of methoxy groups -OCH3 is 1. The summed E-state index contributed by atoms with van der Waals surface area (Å²) in [5.41, 5.74) is 1.13. The summed E-state index contributed by atoms with van der Waals surface area (Å²) in [6.45, 7) is -2.75. The van der Waals surface area contributed by atoms with Crippen LogP contribution in [0.25, 0.3) is 11.9 Å². The first-order chi connectivity index (χ1) is 14.1. The van der Waals surface area contributed by atoms with Gasteiger partial charge in [0.05, 0.1) is 7.11 Å². The van der Waals surface area contributed by atoms with Crippen molar-refractivity contribution in [2.75, 3.05) is 7.11 Å². The lowest BCUT2D eigenvalue weighted by molar-refractivity contribution is -0.116. The van der Waals surface area contributed by atoms with E-state index >= 15 is 0 Å². The number of pyridine rings is 1. The van der Waals surface area contributed by atoms with Gasteiger partial charge in [0.1, 0.15) is 0 Å². The van der Waals surface area contributed by atoms with Gasteiger partial charge in [-0.1, -0.05) is 12.1 Å². The number of nitrogens with zero attached hydrogens (tertiary/aromatic N) is 3. The van der Waals surface area contributed by atoms with Crippen LogP contribution in [0.2, 0.25) is 0 Å². The first-order valence-corrected chi connectivity index (χ1v) is 8.59. The number of carbonyl (C=O) groups excluding carboxylic acids is 1. The molecule has 9 heteroatoms. The number of hydrogen-bond acceptors (Lipinski definition) is 5. The van der Waals surface area contributed by atoms with Crippen molar-refractivity contribution in [2.45, 2.75) is 13.2 Å². The average molecular weight is 400 g/mol. The molecule has 0 unspecified atom stereocenters. The van der Waals surface area contributed by atoms with Crippen LogP contribution < -0.4 is 14.8 Å². The molecule has 0 saturated heterocycles. The molecule has 0 spiro atoms. The summed E-state index contributed by atoms with van der Waals surface area (Å²) in [4.78, 5) is 16.4. The molecule has 0 aliphatic rings. The molecule has 0 saturated carbocycles. The third-order valence-corrected chi connectivity index (χ3v) is 3.87. The largest absolute Gasteiger partial charge is 0.493 e. The van der Waals surface area contributed by atoms with E-state index in [4.69, 9.17) is 4.74 Å². The lowest BCUT2D eigenvalue weighted by Crippen LogP contribution is -2.20. The molecule has 3 aromatic rings. The Hall–Kier alpha value is -3.75. The van der Waals surface area contributed by atoms with E-state index in [2.05, 4.69) is 20.1 Å². The summed E-state index contributed by atoms with van der Waals surface area (Å²) < 4.78 is 36.5. The molecule has 0 bridgehead atoms. The zero-order valence-corrected chi connectivity index (χ0v) is 15.5. The Bertz CT molecular complexity index is 991. The van der Waals surface area contributed by atoms with E-state index in [-0.39, 0.29) is 18.0 Å². The molecule has 1 N–H and O–H groups in total. The number of carbonyl (C=O) groups is 1. The molecule has 0 atom stereocenters. The van der Waals surface area contributed by atoms with Crippen molar-refractivity contribution in [2.24, 2.45) is 0 Å². The Balaban J connectivity index is 1.66. The minimum absolute atomic E-state index is 0.132. The highest BCUT2D eigenvalue weighted by Crippen LogP contribution is 2.33. The van der Waals surface area contributed by atoms with E-state index in [0.29, 0.717) is 11.4 Å². The van der Waals surface area contributed by atoms with E-state index in [9.17, 15) is 13.6 Å². The molecule has 3 rings (SSSR count). The van der Waals surface area contributed by atoms with Crippen LogP contribution in [0.4, 0.5) is 8.78 Å². The molecule has 1 amide bonds. The maximum atomic E-state index is 12.7. The van der Waals surface area contributed by atoms with Crippen molar-refractivity contribution in [3.8, 4) is 17.3 Å². The second kappa shape index (κ2) is 9.45. The third-order valence-electron chi connectivity index (χ3n) is 3.87. The van der Waals surface area contributed by atoms with Gasteiger partial charge in [0.25, 0.3) is 0 Å². The average Bonchev–Trinajstić information content (AvgIpc) is 3.26. The van der Waals surface area contributed by atoms with Crippen molar-refractivity contribution in [3.63, 3.8) is 0 Å². The monoisotopic (exact) mass is 400 g/mol. The highest BCUT2D eigenvalue weighted by Gasteiger charge is 2.14. The summed E-state index contributed by atoms with van der Waals surface area (Å²) in [6, 6.07) is 10.0. The van der Waals surface area contributed by atoms with Gasteiger partial charge >= 0.3 is 6.61 Å². The quantitative estimate of drug-likeness (QED) is 0.588. The second-order valence-electron chi connectivity index (χ2n) is 5.78. The molecular weight excluding hydrogens is 382 g/mol. The molecule has 0 aliphatic carbocycles. The molecule has 29 heavy (non-hydrogen) atoms. The molecule has 0 fully saturated rings. The fraction of sp³-hybridized carbons (Fsp3) is 0.150. The summed E-state index contributed by atoms with van der Waals surface area (Å²) in [7, 11) is 1.35. The van der Waals surface area contributed by atoms with Gasteiger partial charge in [-0.05, 0) is 35.9 Å². The second-order valence-corrected chi connectivity index (χ2v) is 5.78. The Kier molecular flexibility index (Phi) is 6.51. The lowest BCUT2D eigenvalue weighted by Gasteiger charge is -2.12. The number of alkyl halides is 2. The number of rotatable bonds is 8. The minimum Gasteiger partial charge on any atom is -0.493 e. The van der Waals surface area contributed by atoms with Crippen molar-refractivity contribution in [3.05, 3.63) is 72.2 Å². The van der Waals surface area contributed by atoms with Crippen LogP contribution in [0.15, 0.2) is 61.1 Å². The van der Waals surface area contributed by atoms with E-state index in [1.165, 1.54) is 25.3 Å². The van der Waals surface area contributed by atoms with Crippen LogP contribution >= 0.6 is 0 Å². The van der Waals surface area contributed by atoms with Gasteiger partial charge in [-0.2, -0.15) is 13.9 Å². The third kappa shape index (κ3) is 5.38. The Morgan fingerprint density at radius 2 is 2.14 bits per heavy atom. The molecule has 2 aromatic heterocycles. The van der Waals surface area contributed by atoms with E-state index in [1.807, 2.05) is 0 Å². The van der Waals surface area contributed by atoms with Crippen molar-refractivity contribution >= 4 is 12.0 Å². The number of halogens is 2. The summed E-state index contributed by atoms with van der Waals surface area (Å²) in [5, 5.41) is 6.84. The fourth-order valence-corrected chi connectivity index (χ4v) is 2.55. The van der Waals surface area contributed by atoms with E-state index in [1.54, 1.807) is 53.6 Å². The fourth-order valence-electron chi connectivity index (χ4n) is 2.55. The lowest BCUT2D eigenvalue weighted by atomic mass is 10.1. The topological polar surface area (TPSA) is 78.3 Å². The van der Waals surface area contributed by atoms with Gasteiger partial charge in [0, 0.05) is 36.8 Å². The normalized spacial score (nSPS) is 11.0. The highest BCUT2D eigenvalue weighted by molar-refractivity contribution is 5.92. The number of hydrogen-bond donors (Lipinski definition) is 1.